The average molecular weight is 249 g/mol. The minimum absolute atomic E-state index is 0.675. The largest absolute Gasteiger partial charge is 0.490 e. The molecule has 0 unspecified atom stereocenters. The van der Waals surface area contributed by atoms with Crippen LogP contribution in [0.15, 0.2) is 24.3 Å². The predicted molar refractivity (Wildman–Crippen MR) is 73.3 cm³/mol. The number of benzene rings is 1. The lowest BCUT2D eigenvalue weighted by Gasteiger charge is -2.22. The normalized spacial score (nSPS) is 16.5. The molecular formula is C15H23NO2. The lowest BCUT2D eigenvalue weighted by Crippen LogP contribution is -2.28. The first kappa shape index (κ1) is 13.2. The minimum atomic E-state index is 0.675. The van der Waals surface area contributed by atoms with Crippen molar-refractivity contribution in [3.8, 4) is 11.5 Å². The van der Waals surface area contributed by atoms with E-state index in [1.807, 2.05) is 31.2 Å². The second kappa shape index (κ2) is 7.27. The Balaban J connectivity index is 1.78. The van der Waals surface area contributed by atoms with Crippen LogP contribution in [0.25, 0.3) is 0 Å². The van der Waals surface area contributed by atoms with Crippen molar-refractivity contribution < 1.29 is 9.47 Å². The number of para-hydroxylation sites is 2. The van der Waals surface area contributed by atoms with Crippen LogP contribution in [0, 0.1) is 5.92 Å². The molecule has 0 saturated carbocycles. The molecule has 1 aliphatic heterocycles. The Morgan fingerprint density at radius 1 is 1.11 bits per heavy atom. The van der Waals surface area contributed by atoms with Crippen LogP contribution in [0.1, 0.15) is 26.2 Å². The molecule has 1 N–H and O–H groups in total. The fraction of sp³-hybridized carbons (Fsp3) is 0.600. The van der Waals surface area contributed by atoms with E-state index in [9.17, 15) is 0 Å². The van der Waals surface area contributed by atoms with Gasteiger partial charge in [-0.05, 0) is 57.3 Å². The molecule has 18 heavy (non-hydrogen) atoms. The number of ether oxygens (including phenoxy) is 2. The summed E-state index contributed by atoms with van der Waals surface area (Å²) in [7, 11) is 0. The molecule has 3 nitrogen and oxygen atoms in total. The standard InChI is InChI=1S/C15H23NO2/c1-2-17-14-5-3-4-6-15(14)18-12-9-13-7-10-16-11-8-13/h3-6,13,16H,2,7-12H2,1H3. The average Bonchev–Trinajstić information content (AvgIpc) is 2.42. The SMILES string of the molecule is CCOc1ccccc1OCCC1CCNCC1. The first-order valence-electron chi connectivity index (χ1n) is 6.95. The number of rotatable bonds is 6. The molecule has 0 amide bonds. The van der Waals surface area contributed by atoms with Crippen LogP contribution in [0.2, 0.25) is 0 Å². The van der Waals surface area contributed by atoms with E-state index in [1.165, 1.54) is 12.8 Å². The maximum atomic E-state index is 5.85. The second-order valence-electron chi connectivity index (χ2n) is 4.71. The van der Waals surface area contributed by atoms with E-state index in [0.29, 0.717) is 6.61 Å². The zero-order chi connectivity index (χ0) is 12.6. The highest BCUT2D eigenvalue weighted by Crippen LogP contribution is 2.27. The molecule has 1 aromatic carbocycles. The fourth-order valence-electron chi connectivity index (χ4n) is 2.35. The summed E-state index contributed by atoms with van der Waals surface area (Å²) in [5, 5.41) is 3.39. The van der Waals surface area contributed by atoms with Gasteiger partial charge < -0.3 is 14.8 Å². The van der Waals surface area contributed by atoms with E-state index in [1.54, 1.807) is 0 Å². The van der Waals surface area contributed by atoms with Crippen molar-refractivity contribution in [3.63, 3.8) is 0 Å². The van der Waals surface area contributed by atoms with Crippen molar-refractivity contribution >= 4 is 0 Å². The van der Waals surface area contributed by atoms with Gasteiger partial charge in [-0.25, -0.2) is 0 Å². The molecule has 100 valence electrons. The fourth-order valence-corrected chi connectivity index (χ4v) is 2.35. The third-order valence-electron chi connectivity index (χ3n) is 3.39. The van der Waals surface area contributed by atoms with Crippen LogP contribution in [0.5, 0.6) is 11.5 Å². The van der Waals surface area contributed by atoms with Crippen molar-refractivity contribution in [2.24, 2.45) is 5.92 Å². The van der Waals surface area contributed by atoms with Crippen molar-refractivity contribution in [2.75, 3.05) is 26.3 Å². The van der Waals surface area contributed by atoms with E-state index in [2.05, 4.69) is 5.32 Å². The van der Waals surface area contributed by atoms with Gasteiger partial charge in [-0.3, -0.25) is 0 Å². The van der Waals surface area contributed by atoms with Gasteiger partial charge in [0, 0.05) is 0 Å². The molecule has 1 aromatic rings. The highest BCUT2D eigenvalue weighted by molar-refractivity contribution is 5.39. The maximum absolute atomic E-state index is 5.85. The van der Waals surface area contributed by atoms with E-state index >= 15 is 0 Å². The second-order valence-corrected chi connectivity index (χ2v) is 4.71. The molecule has 1 fully saturated rings. The predicted octanol–water partition coefficient (Wildman–Crippen LogP) is 2.85. The molecule has 1 saturated heterocycles. The van der Waals surface area contributed by atoms with Crippen LogP contribution in [-0.4, -0.2) is 26.3 Å². The Morgan fingerprint density at radius 2 is 1.78 bits per heavy atom. The monoisotopic (exact) mass is 249 g/mol. The van der Waals surface area contributed by atoms with Crippen molar-refractivity contribution in [3.05, 3.63) is 24.3 Å². The molecule has 0 aromatic heterocycles. The minimum Gasteiger partial charge on any atom is -0.490 e. The van der Waals surface area contributed by atoms with Crippen LogP contribution in [0.4, 0.5) is 0 Å². The first-order valence-corrected chi connectivity index (χ1v) is 6.95. The van der Waals surface area contributed by atoms with Gasteiger partial charge in [-0.1, -0.05) is 12.1 Å². The Kier molecular flexibility index (Phi) is 5.34. The Hall–Kier alpha value is -1.22. The Bertz CT molecular complexity index is 348. The lowest BCUT2D eigenvalue weighted by molar-refractivity contribution is 0.237. The van der Waals surface area contributed by atoms with Gasteiger partial charge in [0.05, 0.1) is 13.2 Å². The topological polar surface area (TPSA) is 30.5 Å². The van der Waals surface area contributed by atoms with Gasteiger partial charge in [0.15, 0.2) is 11.5 Å². The molecule has 3 heteroatoms. The molecular weight excluding hydrogens is 226 g/mol. The maximum Gasteiger partial charge on any atom is 0.161 e. The van der Waals surface area contributed by atoms with Gasteiger partial charge >= 0.3 is 0 Å². The van der Waals surface area contributed by atoms with Crippen molar-refractivity contribution in [1.82, 2.24) is 5.32 Å². The molecule has 1 aliphatic rings. The number of hydrogen-bond donors (Lipinski definition) is 1. The number of piperidine rings is 1. The third-order valence-corrected chi connectivity index (χ3v) is 3.39. The lowest BCUT2D eigenvalue weighted by atomic mass is 9.95. The van der Waals surface area contributed by atoms with Crippen LogP contribution < -0.4 is 14.8 Å². The van der Waals surface area contributed by atoms with Gasteiger partial charge in [0.2, 0.25) is 0 Å². The summed E-state index contributed by atoms with van der Waals surface area (Å²) < 4.78 is 11.4. The van der Waals surface area contributed by atoms with Crippen LogP contribution in [-0.2, 0) is 0 Å². The number of nitrogens with one attached hydrogen (secondary N) is 1. The summed E-state index contributed by atoms with van der Waals surface area (Å²) in [5.74, 6) is 2.53. The quantitative estimate of drug-likeness (QED) is 0.841. The Labute approximate surface area is 109 Å². The number of hydrogen-bond acceptors (Lipinski definition) is 3. The molecule has 2 rings (SSSR count). The summed E-state index contributed by atoms with van der Waals surface area (Å²) in [6, 6.07) is 7.91. The van der Waals surface area contributed by atoms with E-state index in [4.69, 9.17) is 9.47 Å². The van der Waals surface area contributed by atoms with E-state index < -0.39 is 0 Å². The molecule has 1 heterocycles. The first-order chi connectivity index (χ1) is 8.90. The highest BCUT2D eigenvalue weighted by atomic mass is 16.5. The molecule has 0 atom stereocenters. The van der Waals surface area contributed by atoms with Gasteiger partial charge in [0.25, 0.3) is 0 Å². The zero-order valence-corrected chi connectivity index (χ0v) is 11.2. The van der Waals surface area contributed by atoms with Crippen LogP contribution in [0.3, 0.4) is 0 Å². The van der Waals surface area contributed by atoms with E-state index in [0.717, 1.165) is 43.5 Å². The van der Waals surface area contributed by atoms with Crippen molar-refractivity contribution in [2.45, 2.75) is 26.2 Å². The summed E-state index contributed by atoms with van der Waals surface area (Å²) in [4.78, 5) is 0. The Morgan fingerprint density at radius 3 is 2.44 bits per heavy atom. The molecule has 0 bridgehead atoms. The summed E-state index contributed by atoms with van der Waals surface area (Å²) in [6.07, 6.45) is 3.69. The van der Waals surface area contributed by atoms with Gasteiger partial charge in [0.1, 0.15) is 0 Å². The summed E-state index contributed by atoms with van der Waals surface area (Å²) in [5.41, 5.74) is 0. The summed E-state index contributed by atoms with van der Waals surface area (Å²) >= 11 is 0. The molecule has 0 aliphatic carbocycles. The van der Waals surface area contributed by atoms with Crippen molar-refractivity contribution in [1.29, 1.82) is 0 Å². The highest BCUT2D eigenvalue weighted by Gasteiger charge is 2.13. The molecule has 0 radical (unpaired) electrons. The van der Waals surface area contributed by atoms with E-state index in [-0.39, 0.29) is 0 Å². The van der Waals surface area contributed by atoms with Gasteiger partial charge in [-0.2, -0.15) is 0 Å². The van der Waals surface area contributed by atoms with Crippen LogP contribution >= 0.6 is 0 Å². The third kappa shape index (κ3) is 3.91. The molecule has 0 spiro atoms. The van der Waals surface area contributed by atoms with Gasteiger partial charge in [-0.15, -0.1) is 0 Å². The summed E-state index contributed by atoms with van der Waals surface area (Å²) in [6.45, 7) is 5.76. The smallest absolute Gasteiger partial charge is 0.161 e. The zero-order valence-electron chi connectivity index (χ0n) is 11.2.